The van der Waals surface area contributed by atoms with Crippen molar-refractivity contribution in [1.82, 2.24) is 4.90 Å². The smallest absolute Gasteiger partial charge is 0.334 e. The average molecular weight is 300 g/mol. The summed E-state index contributed by atoms with van der Waals surface area (Å²) in [5.41, 5.74) is 1.21. The molecule has 3 amide bonds. The lowest BCUT2D eigenvalue weighted by Gasteiger charge is -2.39. The molecule has 2 saturated heterocycles. The Morgan fingerprint density at radius 2 is 1.77 bits per heavy atom. The molecule has 5 heteroatoms. The second-order valence-corrected chi connectivity index (χ2v) is 6.50. The van der Waals surface area contributed by atoms with Gasteiger partial charge >= 0.3 is 6.03 Å². The van der Waals surface area contributed by atoms with Crippen molar-refractivity contribution in [2.45, 2.75) is 50.8 Å². The summed E-state index contributed by atoms with van der Waals surface area (Å²) in [7, 11) is 0. The first-order valence-corrected chi connectivity index (χ1v) is 8.00. The standard InChI is InChI=1S/C17H20N2O3/c1-12-5-7-13(8-6-12)18-15(20)14-11-22-17(19(14)16(18)21)9-3-2-4-10-17/h5-8,14H,2-4,9-11H2,1H3/t14-/m1/s1. The molecule has 3 fully saturated rings. The zero-order valence-electron chi connectivity index (χ0n) is 12.7. The number of urea groups is 1. The third-order valence-corrected chi connectivity index (χ3v) is 5.09. The molecule has 1 aromatic carbocycles. The molecule has 4 rings (SSSR count). The highest BCUT2D eigenvalue weighted by Crippen LogP contribution is 2.44. The largest absolute Gasteiger partial charge is 0.353 e. The third-order valence-electron chi connectivity index (χ3n) is 5.09. The Labute approximate surface area is 129 Å². The molecular weight excluding hydrogens is 280 g/mol. The third kappa shape index (κ3) is 1.81. The summed E-state index contributed by atoms with van der Waals surface area (Å²) in [5, 5.41) is 0. The molecule has 0 aromatic heterocycles. The van der Waals surface area contributed by atoms with E-state index >= 15 is 0 Å². The molecule has 2 aliphatic heterocycles. The van der Waals surface area contributed by atoms with Crippen LogP contribution in [0.1, 0.15) is 37.7 Å². The van der Waals surface area contributed by atoms with Gasteiger partial charge in [-0.25, -0.2) is 9.69 Å². The van der Waals surface area contributed by atoms with E-state index in [1.807, 2.05) is 31.2 Å². The molecule has 22 heavy (non-hydrogen) atoms. The minimum Gasteiger partial charge on any atom is -0.353 e. The van der Waals surface area contributed by atoms with Crippen molar-refractivity contribution in [2.75, 3.05) is 11.5 Å². The predicted octanol–water partition coefficient (Wildman–Crippen LogP) is 2.82. The number of aryl methyl sites for hydroxylation is 1. The molecule has 1 aromatic rings. The van der Waals surface area contributed by atoms with Gasteiger partial charge in [0.1, 0.15) is 11.8 Å². The van der Waals surface area contributed by atoms with Crippen LogP contribution in [0.15, 0.2) is 24.3 Å². The van der Waals surface area contributed by atoms with Crippen molar-refractivity contribution >= 4 is 17.6 Å². The summed E-state index contributed by atoms with van der Waals surface area (Å²) >= 11 is 0. The number of fused-ring (bicyclic) bond motifs is 2. The number of carbonyl (C=O) groups is 2. The van der Waals surface area contributed by atoms with E-state index in [1.54, 1.807) is 4.90 Å². The van der Waals surface area contributed by atoms with Crippen molar-refractivity contribution in [1.29, 1.82) is 0 Å². The van der Waals surface area contributed by atoms with E-state index < -0.39 is 11.8 Å². The first-order valence-electron chi connectivity index (χ1n) is 8.00. The Kier molecular flexibility index (Phi) is 3.01. The van der Waals surface area contributed by atoms with Gasteiger partial charge in [-0.3, -0.25) is 9.69 Å². The maximum Gasteiger partial charge on any atom is 0.334 e. The number of benzene rings is 1. The minimum absolute atomic E-state index is 0.156. The van der Waals surface area contributed by atoms with Gasteiger partial charge in [-0.1, -0.05) is 24.1 Å². The van der Waals surface area contributed by atoms with Crippen LogP contribution in [0.2, 0.25) is 0 Å². The first-order chi connectivity index (χ1) is 10.6. The van der Waals surface area contributed by atoms with Crippen LogP contribution in [0, 0.1) is 6.92 Å². The summed E-state index contributed by atoms with van der Waals surface area (Å²) in [6.07, 6.45) is 4.95. The molecule has 1 atom stereocenters. The maximum absolute atomic E-state index is 12.9. The number of ether oxygens (including phenoxy) is 1. The van der Waals surface area contributed by atoms with E-state index in [0.29, 0.717) is 12.3 Å². The van der Waals surface area contributed by atoms with Crippen LogP contribution in [0.5, 0.6) is 0 Å². The van der Waals surface area contributed by atoms with Crippen molar-refractivity contribution < 1.29 is 14.3 Å². The normalized spacial score (nSPS) is 26.9. The Balaban J connectivity index is 1.69. The lowest BCUT2D eigenvalue weighted by Crippen LogP contribution is -2.50. The van der Waals surface area contributed by atoms with Gasteiger partial charge < -0.3 is 4.74 Å². The molecule has 1 aliphatic carbocycles. The topological polar surface area (TPSA) is 49.9 Å². The highest BCUT2D eigenvalue weighted by Gasteiger charge is 2.60. The van der Waals surface area contributed by atoms with E-state index in [1.165, 1.54) is 11.3 Å². The lowest BCUT2D eigenvalue weighted by atomic mass is 9.90. The summed E-state index contributed by atoms with van der Waals surface area (Å²) in [5.74, 6) is -0.156. The number of amides is 3. The van der Waals surface area contributed by atoms with Crippen LogP contribution in [0.3, 0.4) is 0 Å². The number of rotatable bonds is 1. The molecule has 2 heterocycles. The summed E-state index contributed by atoms with van der Waals surface area (Å²) < 4.78 is 5.95. The van der Waals surface area contributed by atoms with E-state index in [2.05, 4.69) is 0 Å². The number of anilines is 1. The van der Waals surface area contributed by atoms with Crippen LogP contribution in [0.25, 0.3) is 0 Å². The summed E-state index contributed by atoms with van der Waals surface area (Å²) in [4.78, 5) is 28.6. The van der Waals surface area contributed by atoms with Gasteiger partial charge in [0.2, 0.25) is 0 Å². The average Bonchev–Trinajstić information content (AvgIpc) is 3.00. The van der Waals surface area contributed by atoms with E-state index in [9.17, 15) is 9.59 Å². The Morgan fingerprint density at radius 1 is 1.09 bits per heavy atom. The van der Waals surface area contributed by atoms with Crippen LogP contribution in [-0.4, -0.2) is 35.2 Å². The SMILES string of the molecule is Cc1ccc(N2C(=O)[C@H]3COC4(CCCCC4)N3C2=O)cc1. The molecule has 0 radical (unpaired) electrons. The number of carbonyl (C=O) groups excluding carboxylic acids is 2. The van der Waals surface area contributed by atoms with Crippen LogP contribution < -0.4 is 4.90 Å². The van der Waals surface area contributed by atoms with Crippen LogP contribution in [-0.2, 0) is 9.53 Å². The molecule has 5 nitrogen and oxygen atoms in total. The molecular formula is C17H20N2O3. The van der Waals surface area contributed by atoms with Crippen LogP contribution in [0.4, 0.5) is 10.5 Å². The fourth-order valence-electron chi connectivity index (χ4n) is 3.92. The van der Waals surface area contributed by atoms with Gasteiger partial charge in [0.05, 0.1) is 12.3 Å². The fourth-order valence-corrected chi connectivity index (χ4v) is 3.92. The second-order valence-electron chi connectivity index (χ2n) is 6.50. The highest BCUT2D eigenvalue weighted by atomic mass is 16.5. The molecule has 0 N–H and O–H groups in total. The van der Waals surface area contributed by atoms with E-state index in [0.717, 1.165) is 31.2 Å². The van der Waals surface area contributed by atoms with Gasteiger partial charge in [0, 0.05) is 0 Å². The molecule has 1 saturated carbocycles. The van der Waals surface area contributed by atoms with Gasteiger partial charge in [-0.05, 0) is 44.7 Å². The summed E-state index contributed by atoms with van der Waals surface area (Å²) in [6, 6.07) is 6.84. The van der Waals surface area contributed by atoms with Crippen molar-refractivity contribution in [3.8, 4) is 0 Å². The lowest BCUT2D eigenvalue weighted by molar-refractivity contribution is -0.119. The highest BCUT2D eigenvalue weighted by molar-refractivity contribution is 6.21. The number of imide groups is 1. The Bertz CT molecular complexity index is 619. The fraction of sp³-hybridized carbons (Fsp3) is 0.529. The molecule has 116 valence electrons. The molecule has 0 unspecified atom stereocenters. The van der Waals surface area contributed by atoms with E-state index in [4.69, 9.17) is 4.74 Å². The van der Waals surface area contributed by atoms with Crippen LogP contribution >= 0.6 is 0 Å². The molecule has 0 bridgehead atoms. The van der Waals surface area contributed by atoms with Crippen molar-refractivity contribution in [3.63, 3.8) is 0 Å². The van der Waals surface area contributed by atoms with Gasteiger partial charge in [0.15, 0.2) is 0 Å². The first kappa shape index (κ1) is 13.8. The summed E-state index contributed by atoms with van der Waals surface area (Å²) in [6.45, 7) is 2.31. The zero-order valence-corrected chi connectivity index (χ0v) is 12.7. The molecule has 3 aliphatic rings. The second kappa shape index (κ2) is 4.81. The Hall–Kier alpha value is -1.88. The quantitative estimate of drug-likeness (QED) is 0.749. The van der Waals surface area contributed by atoms with Gasteiger partial charge in [0.25, 0.3) is 5.91 Å². The molecule has 1 spiro atoms. The van der Waals surface area contributed by atoms with E-state index in [-0.39, 0.29) is 11.9 Å². The van der Waals surface area contributed by atoms with Crippen molar-refractivity contribution in [2.24, 2.45) is 0 Å². The number of hydrogen-bond acceptors (Lipinski definition) is 3. The number of nitrogens with zero attached hydrogens (tertiary/aromatic N) is 2. The minimum atomic E-state index is -0.547. The zero-order chi connectivity index (χ0) is 15.3. The van der Waals surface area contributed by atoms with Gasteiger partial charge in [-0.15, -0.1) is 0 Å². The Morgan fingerprint density at radius 3 is 2.45 bits per heavy atom. The number of hydrogen-bond donors (Lipinski definition) is 0. The maximum atomic E-state index is 12.9. The van der Waals surface area contributed by atoms with Crippen molar-refractivity contribution in [3.05, 3.63) is 29.8 Å². The predicted molar refractivity (Wildman–Crippen MR) is 81.5 cm³/mol. The monoisotopic (exact) mass is 300 g/mol. The van der Waals surface area contributed by atoms with Gasteiger partial charge in [-0.2, -0.15) is 0 Å².